The summed E-state index contributed by atoms with van der Waals surface area (Å²) in [5, 5.41) is 22.3. The molecule has 10 nitrogen and oxygen atoms in total. The van der Waals surface area contributed by atoms with Crippen LogP contribution in [0.15, 0.2) is 59.5 Å². The SMILES string of the molecule is Cn1ncc(-c2cc(Cl)c3c(=O)[nH]nc(CN4C(=O)c5ccccc5C4=O)c3c2)c1-c1cc(Cl)cc(OC2CC2)c1C#N. The van der Waals surface area contributed by atoms with Crippen LogP contribution in [0, 0.1) is 11.3 Å². The maximum atomic E-state index is 13.1. The number of aromatic amines is 1. The highest BCUT2D eigenvalue weighted by atomic mass is 35.5. The van der Waals surface area contributed by atoms with Crippen molar-refractivity contribution in [2.45, 2.75) is 25.5 Å². The number of carbonyl (C=O) groups excluding carboxylic acids is 2. The van der Waals surface area contributed by atoms with E-state index in [4.69, 9.17) is 27.9 Å². The molecule has 1 fully saturated rings. The quantitative estimate of drug-likeness (QED) is 0.251. The van der Waals surface area contributed by atoms with Crippen molar-refractivity contribution in [3.05, 3.63) is 97.5 Å². The number of amides is 2. The summed E-state index contributed by atoms with van der Waals surface area (Å²) < 4.78 is 7.62. The predicted octanol–water partition coefficient (Wildman–Crippen LogP) is 5.51. The summed E-state index contributed by atoms with van der Waals surface area (Å²) in [4.78, 5) is 40.1. The van der Waals surface area contributed by atoms with Crippen LogP contribution < -0.4 is 10.3 Å². The van der Waals surface area contributed by atoms with E-state index in [0.29, 0.717) is 55.2 Å². The molecule has 3 aromatic carbocycles. The number of carbonyl (C=O) groups is 2. The van der Waals surface area contributed by atoms with E-state index in [1.807, 2.05) is 0 Å². The van der Waals surface area contributed by atoms with Crippen LogP contribution in [0.2, 0.25) is 10.0 Å². The molecule has 1 N–H and O–H groups in total. The monoisotopic (exact) mass is 610 g/mol. The van der Waals surface area contributed by atoms with E-state index in [1.165, 1.54) is 0 Å². The molecule has 3 heterocycles. The molecule has 2 amide bonds. The molecule has 2 aromatic heterocycles. The number of fused-ring (bicyclic) bond motifs is 2. The van der Waals surface area contributed by atoms with Gasteiger partial charge in [0, 0.05) is 34.6 Å². The third-order valence-corrected chi connectivity index (χ3v) is 8.12. The van der Waals surface area contributed by atoms with Gasteiger partial charge in [0.15, 0.2) is 0 Å². The van der Waals surface area contributed by atoms with Crippen molar-refractivity contribution in [3.63, 3.8) is 0 Å². The summed E-state index contributed by atoms with van der Waals surface area (Å²) in [5.74, 6) is -0.504. The predicted molar refractivity (Wildman–Crippen MR) is 159 cm³/mol. The largest absolute Gasteiger partial charge is 0.489 e. The summed E-state index contributed by atoms with van der Waals surface area (Å²) >= 11 is 13.2. The summed E-state index contributed by atoms with van der Waals surface area (Å²) in [5.41, 5.74) is 2.96. The first-order chi connectivity index (χ1) is 20.7. The van der Waals surface area contributed by atoms with Gasteiger partial charge in [-0.2, -0.15) is 15.5 Å². The lowest BCUT2D eigenvalue weighted by atomic mass is 9.96. The average molecular weight is 611 g/mol. The highest BCUT2D eigenvalue weighted by Crippen LogP contribution is 2.42. The van der Waals surface area contributed by atoms with Crippen molar-refractivity contribution in [3.8, 4) is 34.2 Å². The fraction of sp³-hybridized carbons (Fsp3) is 0.161. The van der Waals surface area contributed by atoms with Crippen molar-refractivity contribution in [1.29, 1.82) is 5.26 Å². The second-order valence-electron chi connectivity index (χ2n) is 10.4. The Kier molecular flexibility index (Phi) is 6.31. The molecule has 12 heteroatoms. The lowest BCUT2D eigenvalue weighted by Gasteiger charge is -2.16. The minimum absolute atomic E-state index is 0.0508. The number of nitriles is 1. The van der Waals surface area contributed by atoms with Gasteiger partial charge in [-0.1, -0.05) is 35.3 Å². The molecule has 0 radical (unpaired) electrons. The fourth-order valence-electron chi connectivity index (χ4n) is 5.42. The molecule has 1 saturated carbocycles. The summed E-state index contributed by atoms with van der Waals surface area (Å²) in [6, 6.07) is 15.5. The Morgan fingerprint density at radius 2 is 1.74 bits per heavy atom. The standard InChI is InChI=1S/C31H20Cl2N6O4/c1-38-28(20-10-16(32)11-26(22(20)12-34)43-17-6-7-17)23(13-35-38)15-8-21-25(36-37-29(40)27(21)24(33)9-15)14-39-30(41)18-4-2-3-5-19(18)31(39)42/h2-5,8-11,13,17H,6-7,14H2,1H3,(H,37,40). The Hall–Kier alpha value is -4.98. The number of halogens is 2. The first-order valence-electron chi connectivity index (χ1n) is 13.3. The average Bonchev–Trinajstić information content (AvgIpc) is 3.67. The van der Waals surface area contributed by atoms with Gasteiger partial charge < -0.3 is 4.74 Å². The number of aromatic nitrogens is 4. The van der Waals surface area contributed by atoms with Gasteiger partial charge in [-0.05, 0) is 48.7 Å². The Bertz CT molecular complexity index is 2090. The van der Waals surface area contributed by atoms with Gasteiger partial charge >= 0.3 is 0 Å². The van der Waals surface area contributed by atoms with Crippen LogP contribution in [0.25, 0.3) is 33.2 Å². The highest BCUT2D eigenvalue weighted by Gasteiger charge is 2.36. The summed E-state index contributed by atoms with van der Waals surface area (Å²) in [7, 11) is 1.74. The first-order valence-corrected chi connectivity index (χ1v) is 14.1. The van der Waals surface area contributed by atoms with Gasteiger partial charge in [-0.3, -0.25) is 24.0 Å². The van der Waals surface area contributed by atoms with Crippen LogP contribution in [-0.2, 0) is 13.6 Å². The molecule has 0 spiro atoms. The summed E-state index contributed by atoms with van der Waals surface area (Å²) in [6.07, 6.45) is 3.50. The smallest absolute Gasteiger partial charge is 0.273 e. The topological polar surface area (TPSA) is 134 Å². The van der Waals surface area contributed by atoms with Crippen molar-refractivity contribution >= 4 is 45.8 Å². The zero-order valence-corrected chi connectivity index (χ0v) is 24.0. The van der Waals surface area contributed by atoms with Gasteiger partial charge in [-0.25, -0.2) is 5.10 Å². The van der Waals surface area contributed by atoms with Crippen LogP contribution in [0.4, 0.5) is 0 Å². The number of nitrogens with one attached hydrogen (secondary N) is 1. The molecule has 5 aromatic rings. The van der Waals surface area contributed by atoms with Gasteiger partial charge in [0.05, 0.1) is 51.8 Å². The Balaban J connectivity index is 1.37. The van der Waals surface area contributed by atoms with Crippen LogP contribution >= 0.6 is 23.2 Å². The van der Waals surface area contributed by atoms with Crippen LogP contribution in [0.5, 0.6) is 5.75 Å². The number of nitrogens with zero attached hydrogens (tertiary/aromatic N) is 5. The van der Waals surface area contributed by atoms with Crippen LogP contribution in [0.3, 0.4) is 0 Å². The molecule has 1 aliphatic heterocycles. The van der Waals surface area contributed by atoms with Crippen molar-refractivity contribution < 1.29 is 14.3 Å². The highest BCUT2D eigenvalue weighted by molar-refractivity contribution is 6.36. The van der Waals surface area contributed by atoms with Crippen molar-refractivity contribution in [2.24, 2.45) is 7.05 Å². The molecular weight excluding hydrogens is 591 g/mol. The van der Waals surface area contributed by atoms with Crippen molar-refractivity contribution in [1.82, 2.24) is 24.9 Å². The van der Waals surface area contributed by atoms with Crippen LogP contribution in [0.1, 0.15) is 44.8 Å². The Labute approximate surface area is 254 Å². The van der Waals surface area contributed by atoms with E-state index >= 15 is 0 Å². The second kappa shape index (κ2) is 10.1. The van der Waals surface area contributed by atoms with E-state index in [2.05, 4.69) is 21.4 Å². The number of aryl methyl sites for hydroxylation is 1. The lowest BCUT2D eigenvalue weighted by Crippen LogP contribution is -2.30. The fourth-order valence-corrected chi connectivity index (χ4v) is 5.93. The Morgan fingerprint density at radius 3 is 2.42 bits per heavy atom. The van der Waals surface area contributed by atoms with Crippen LogP contribution in [-0.4, -0.2) is 42.8 Å². The minimum atomic E-state index is -0.521. The third-order valence-electron chi connectivity index (χ3n) is 7.61. The molecule has 212 valence electrons. The van der Waals surface area contributed by atoms with E-state index in [9.17, 15) is 19.6 Å². The number of benzene rings is 3. The molecule has 2 aliphatic rings. The van der Waals surface area contributed by atoms with E-state index in [1.54, 1.807) is 66.5 Å². The lowest BCUT2D eigenvalue weighted by molar-refractivity contribution is 0.0640. The molecule has 43 heavy (non-hydrogen) atoms. The number of ether oxygens (including phenoxy) is 1. The maximum absolute atomic E-state index is 13.1. The molecule has 0 saturated heterocycles. The second-order valence-corrected chi connectivity index (χ2v) is 11.3. The Morgan fingerprint density at radius 1 is 1.02 bits per heavy atom. The zero-order valence-electron chi connectivity index (χ0n) is 22.5. The van der Waals surface area contributed by atoms with E-state index in [0.717, 1.165) is 17.7 Å². The normalized spacial score (nSPS) is 14.3. The first kappa shape index (κ1) is 26.9. The number of imide groups is 1. The van der Waals surface area contributed by atoms with Gasteiger partial charge in [0.1, 0.15) is 17.4 Å². The van der Waals surface area contributed by atoms with Gasteiger partial charge in [-0.15, -0.1) is 0 Å². The number of rotatable bonds is 6. The number of hydrogen-bond acceptors (Lipinski definition) is 7. The number of H-pyrrole nitrogens is 1. The van der Waals surface area contributed by atoms with Gasteiger partial charge in [0.25, 0.3) is 17.4 Å². The molecular formula is C31H20Cl2N6O4. The summed E-state index contributed by atoms with van der Waals surface area (Å²) in [6.45, 7) is -0.186. The number of hydrogen-bond donors (Lipinski definition) is 1. The van der Waals surface area contributed by atoms with E-state index in [-0.39, 0.29) is 28.8 Å². The molecule has 0 unspecified atom stereocenters. The van der Waals surface area contributed by atoms with Crippen molar-refractivity contribution in [2.75, 3.05) is 0 Å². The maximum Gasteiger partial charge on any atom is 0.273 e. The third kappa shape index (κ3) is 4.45. The van der Waals surface area contributed by atoms with Gasteiger partial charge in [0.2, 0.25) is 0 Å². The van der Waals surface area contributed by atoms with E-state index < -0.39 is 17.4 Å². The minimum Gasteiger partial charge on any atom is -0.489 e. The molecule has 0 atom stereocenters. The molecule has 7 rings (SSSR count). The molecule has 0 bridgehead atoms. The molecule has 1 aliphatic carbocycles. The zero-order chi connectivity index (χ0) is 30.0.